The molecule has 0 bridgehead atoms. The average molecular weight is 422 g/mol. The molecular formula is C24H26N2O5. The number of rotatable bonds is 9. The number of methoxy groups -OCH3 is 2. The number of esters is 1. The number of para-hydroxylation sites is 1. The molecule has 3 aromatic rings. The quantitative estimate of drug-likeness (QED) is 0.515. The molecule has 0 fully saturated rings. The second kappa shape index (κ2) is 10.3. The number of fused-ring (bicyclic) bond motifs is 1. The smallest absolute Gasteiger partial charge is 0.328 e. The Kier molecular flexibility index (Phi) is 7.32. The highest BCUT2D eigenvalue weighted by Gasteiger charge is 2.23. The Labute approximate surface area is 181 Å². The van der Waals surface area contributed by atoms with Gasteiger partial charge in [-0.3, -0.25) is 4.79 Å². The van der Waals surface area contributed by atoms with Crippen LogP contribution in [0.4, 0.5) is 0 Å². The molecule has 3 rings (SSSR count). The molecule has 1 amide bonds. The number of carbonyl (C=O) groups excluding carboxylic acids is 2. The second-order valence-electron chi connectivity index (χ2n) is 6.91. The Morgan fingerprint density at radius 3 is 2.68 bits per heavy atom. The summed E-state index contributed by atoms with van der Waals surface area (Å²) in [5, 5.41) is 3.70. The predicted molar refractivity (Wildman–Crippen MR) is 119 cm³/mol. The molecule has 1 heterocycles. The number of ether oxygens (including phenoxy) is 3. The number of hydrogen-bond donors (Lipinski definition) is 2. The summed E-state index contributed by atoms with van der Waals surface area (Å²) in [6, 6.07) is 12.4. The molecular weight excluding hydrogens is 396 g/mol. The summed E-state index contributed by atoms with van der Waals surface area (Å²) in [5.41, 5.74) is 2.83. The van der Waals surface area contributed by atoms with Crippen LogP contribution in [0.15, 0.2) is 54.7 Å². The van der Waals surface area contributed by atoms with E-state index in [2.05, 4.69) is 10.3 Å². The Balaban J connectivity index is 1.67. The van der Waals surface area contributed by atoms with E-state index in [0.717, 1.165) is 22.0 Å². The maximum Gasteiger partial charge on any atom is 0.328 e. The number of allylic oxidation sites excluding steroid dienone is 1. The van der Waals surface area contributed by atoms with E-state index >= 15 is 0 Å². The van der Waals surface area contributed by atoms with Crippen LogP contribution in [-0.2, 0) is 20.7 Å². The Bertz CT molecular complexity index is 1090. The lowest BCUT2D eigenvalue weighted by Gasteiger charge is -2.17. The molecule has 0 saturated heterocycles. The van der Waals surface area contributed by atoms with Crippen molar-refractivity contribution in [3.05, 3.63) is 65.9 Å². The van der Waals surface area contributed by atoms with Gasteiger partial charge >= 0.3 is 5.97 Å². The summed E-state index contributed by atoms with van der Waals surface area (Å²) in [6.45, 7) is 1.66. The minimum absolute atomic E-state index is 0.263. The van der Waals surface area contributed by atoms with Gasteiger partial charge in [0.1, 0.15) is 6.04 Å². The highest BCUT2D eigenvalue weighted by Crippen LogP contribution is 2.28. The molecule has 0 aliphatic rings. The van der Waals surface area contributed by atoms with E-state index in [-0.39, 0.29) is 6.61 Å². The normalized spacial score (nSPS) is 12.0. The van der Waals surface area contributed by atoms with E-state index in [0.29, 0.717) is 17.9 Å². The van der Waals surface area contributed by atoms with Crippen LogP contribution in [0.5, 0.6) is 11.5 Å². The van der Waals surface area contributed by atoms with Crippen molar-refractivity contribution in [2.45, 2.75) is 19.4 Å². The molecule has 7 nitrogen and oxygen atoms in total. The molecule has 0 saturated carbocycles. The molecule has 1 atom stereocenters. The fourth-order valence-corrected chi connectivity index (χ4v) is 3.33. The third kappa shape index (κ3) is 5.45. The van der Waals surface area contributed by atoms with Gasteiger partial charge in [0.2, 0.25) is 0 Å². The lowest BCUT2D eigenvalue weighted by atomic mass is 10.0. The molecule has 31 heavy (non-hydrogen) atoms. The predicted octanol–water partition coefficient (Wildman–Crippen LogP) is 3.49. The highest BCUT2D eigenvalue weighted by molar-refractivity contribution is 5.87. The van der Waals surface area contributed by atoms with Gasteiger partial charge in [-0.25, -0.2) is 4.79 Å². The van der Waals surface area contributed by atoms with Crippen LogP contribution in [-0.4, -0.2) is 43.7 Å². The topological polar surface area (TPSA) is 89.7 Å². The molecule has 1 aromatic heterocycles. The largest absolute Gasteiger partial charge is 0.493 e. The first-order chi connectivity index (χ1) is 15.0. The lowest BCUT2D eigenvalue weighted by Crippen LogP contribution is -2.44. The molecule has 0 spiro atoms. The summed E-state index contributed by atoms with van der Waals surface area (Å²) in [5.74, 6) is 0.00519. The summed E-state index contributed by atoms with van der Waals surface area (Å²) < 4.78 is 15.8. The van der Waals surface area contributed by atoms with E-state index in [1.807, 2.05) is 61.7 Å². The maximum absolute atomic E-state index is 12.5. The first-order valence-electron chi connectivity index (χ1n) is 9.91. The number of hydrogen-bond acceptors (Lipinski definition) is 5. The number of benzene rings is 2. The van der Waals surface area contributed by atoms with E-state index in [1.165, 1.54) is 14.2 Å². The monoisotopic (exact) mass is 422 g/mol. The van der Waals surface area contributed by atoms with Crippen LogP contribution in [0, 0.1) is 0 Å². The van der Waals surface area contributed by atoms with Crippen LogP contribution in [0.2, 0.25) is 0 Å². The second-order valence-corrected chi connectivity index (χ2v) is 6.91. The van der Waals surface area contributed by atoms with Gasteiger partial charge in [0.05, 0.1) is 14.2 Å². The standard InChI is InChI=1S/C24H26N2O5/c1-4-7-16-10-11-21(22(12-16)29-2)31-15-23(27)26-20(24(28)30-3)13-17-14-25-19-9-6-5-8-18(17)19/h4-12,14,20,25H,13,15H2,1-3H3,(H,26,27)/b7-4+/t20-/m1/s1. The van der Waals surface area contributed by atoms with Crippen molar-refractivity contribution in [1.82, 2.24) is 10.3 Å². The Morgan fingerprint density at radius 2 is 1.94 bits per heavy atom. The fourth-order valence-electron chi connectivity index (χ4n) is 3.33. The fraction of sp³-hybridized carbons (Fsp3) is 0.250. The van der Waals surface area contributed by atoms with Crippen LogP contribution < -0.4 is 14.8 Å². The first-order valence-corrected chi connectivity index (χ1v) is 9.91. The zero-order chi connectivity index (χ0) is 22.2. The number of amides is 1. The van der Waals surface area contributed by atoms with Crippen molar-refractivity contribution >= 4 is 28.9 Å². The average Bonchev–Trinajstić information content (AvgIpc) is 3.20. The summed E-state index contributed by atoms with van der Waals surface area (Å²) in [7, 11) is 2.83. The number of carbonyl (C=O) groups is 2. The number of aromatic nitrogens is 1. The van der Waals surface area contributed by atoms with Crippen molar-refractivity contribution < 1.29 is 23.8 Å². The highest BCUT2D eigenvalue weighted by atomic mass is 16.5. The van der Waals surface area contributed by atoms with E-state index < -0.39 is 17.9 Å². The minimum atomic E-state index is -0.834. The van der Waals surface area contributed by atoms with Gasteiger partial charge in [-0.1, -0.05) is 36.4 Å². The van der Waals surface area contributed by atoms with Crippen LogP contribution in [0.3, 0.4) is 0 Å². The van der Waals surface area contributed by atoms with Gasteiger partial charge < -0.3 is 24.5 Å². The molecule has 0 radical (unpaired) electrons. The zero-order valence-electron chi connectivity index (χ0n) is 17.8. The number of aromatic amines is 1. The molecule has 2 N–H and O–H groups in total. The van der Waals surface area contributed by atoms with E-state index in [9.17, 15) is 9.59 Å². The number of nitrogens with one attached hydrogen (secondary N) is 2. The van der Waals surface area contributed by atoms with Crippen molar-refractivity contribution in [3.63, 3.8) is 0 Å². The molecule has 0 aliphatic heterocycles. The van der Waals surface area contributed by atoms with Crippen LogP contribution >= 0.6 is 0 Å². The van der Waals surface area contributed by atoms with Crippen LogP contribution in [0.25, 0.3) is 17.0 Å². The SMILES string of the molecule is C/C=C/c1ccc(OCC(=O)N[C@H](Cc2c[nH]c3ccccc23)C(=O)OC)c(OC)c1. The number of H-pyrrole nitrogens is 1. The minimum Gasteiger partial charge on any atom is -0.493 e. The summed E-state index contributed by atoms with van der Waals surface area (Å²) in [6.07, 6.45) is 5.98. The molecule has 162 valence electrons. The van der Waals surface area contributed by atoms with Gasteiger partial charge in [0, 0.05) is 23.5 Å². The lowest BCUT2D eigenvalue weighted by molar-refractivity contribution is -0.145. The van der Waals surface area contributed by atoms with Crippen molar-refractivity contribution in [1.29, 1.82) is 0 Å². The molecule has 7 heteroatoms. The van der Waals surface area contributed by atoms with E-state index in [1.54, 1.807) is 6.07 Å². The van der Waals surface area contributed by atoms with Gasteiger partial charge in [-0.05, 0) is 36.2 Å². The Hall–Kier alpha value is -3.74. The van der Waals surface area contributed by atoms with Crippen LogP contribution in [0.1, 0.15) is 18.1 Å². The van der Waals surface area contributed by atoms with E-state index in [4.69, 9.17) is 14.2 Å². The zero-order valence-corrected chi connectivity index (χ0v) is 17.8. The summed E-state index contributed by atoms with van der Waals surface area (Å²) >= 11 is 0. The van der Waals surface area contributed by atoms with Gasteiger partial charge in [-0.2, -0.15) is 0 Å². The van der Waals surface area contributed by atoms with Crippen molar-refractivity contribution in [2.24, 2.45) is 0 Å². The Morgan fingerprint density at radius 1 is 1.13 bits per heavy atom. The van der Waals surface area contributed by atoms with Crippen molar-refractivity contribution in [2.75, 3.05) is 20.8 Å². The molecule has 0 aliphatic carbocycles. The van der Waals surface area contributed by atoms with Gasteiger partial charge in [0.15, 0.2) is 18.1 Å². The van der Waals surface area contributed by atoms with Gasteiger partial charge in [0.25, 0.3) is 5.91 Å². The van der Waals surface area contributed by atoms with Gasteiger partial charge in [-0.15, -0.1) is 0 Å². The van der Waals surface area contributed by atoms with Crippen molar-refractivity contribution in [3.8, 4) is 11.5 Å². The molecule has 2 aromatic carbocycles. The maximum atomic E-state index is 12.5. The molecule has 0 unspecified atom stereocenters. The first kappa shape index (κ1) is 22.0. The summed E-state index contributed by atoms with van der Waals surface area (Å²) in [4.78, 5) is 27.9. The third-order valence-electron chi connectivity index (χ3n) is 4.83. The third-order valence-corrected chi connectivity index (χ3v) is 4.83.